The normalized spacial score (nSPS) is 11.8. The molecular weight excluding hydrogens is 414 g/mol. The highest BCUT2D eigenvalue weighted by atomic mass is 35.5. The van der Waals surface area contributed by atoms with Gasteiger partial charge in [0.15, 0.2) is 0 Å². The first-order chi connectivity index (χ1) is 13.8. The number of hydrogen-bond donors (Lipinski definition) is 1. The Hall–Kier alpha value is -2.11. The summed E-state index contributed by atoms with van der Waals surface area (Å²) in [6.07, 6.45) is 1.62. The van der Waals surface area contributed by atoms with Crippen LogP contribution in [0.1, 0.15) is 37.8 Å². The molecule has 0 spiro atoms. The summed E-state index contributed by atoms with van der Waals surface area (Å²) >= 11 is 12.5. The fraction of sp³-hybridized carbons (Fsp3) is 0.364. The number of amides is 2. The smallest absolute Gasteiger partial charge is 0.242 e. The number of carbonyl (C=O) groups excluding carboxylic acids is 2. The van der Waals surface area contributed by atoms with Crippen LogP contribution in [0.2, 0.25) is 10.0 Å². The van der Waals surface area contributed by atoms with Crippen molar-refractivity contribution < 1.29 is 14.0 Å². The Balaban J connectivity index is 2.27. The molecule has 0 aromatic heterocycles. The summed E-state index contributed by atoms with van der Waals surface area (Å²) in [5.74, 6) is -1.12. The molecule has 1 atom stereocenters. The summed E-state index contributed by atoms with van der Waals surface area (Å²) in [6, 6.07) is 10.4. The van der Waals surface area contributed by atoms with Crippen molar-refractivity contribution in [1.29, 1.82) is 0 Å². The molecule has 4 nitrogen and oxygen atoms in total. The van der Waals surface area contributed by atoms with E-state index in [9.17, 15) is 14.0 Å². The fourth-order valence-electron chi connectivity index (χ4n) is 2.88. The van der Waals surface area contributed by atoms with Crippen molar-refractivity contribution in [2.45, 2.75) is 45.7 Å². The highest BCUT2D eigenvalue weighted by molar-refractivity contribution is 6.36. The Morgan fingerprint density at radius 1 is 1.10 bits per heavy atom. The first-order valence-corrected chi connectivity index (χ1v) is 10.3. The maximum atomic E-state index is 14.0. The van der Waals surface area contributed by atoms with Crippen molar-refractivity contribution >= 4 is 35.0 Å². The summed E-state index contributed by atoms with van der Waals surface area (Å²) in [7, 11) is 0. The van der Waals surface area contributed by atoms with E-state index in [-0.39, 0.29) is 30.3 Å². The van der Waals surface area contributed by atoms with E-state index in [1.807, 2.05) is 6.92 Å². The standard InChI is InChI=1S/C22H25Cl2FN2O2/c1-3-4-12-26-22(29)15(2)27(14-17-18(23)9-7-10-19(17)24)21(28)13-16-8-5-6-11-20(16)25/h5-11,15H,3-4,12-14H2,1-2H3,(H,26,29). The topological polar surface area (TPSA) is 49.4 Å². The lowest BCUT2D eigenvalue weighted by atomic mass is 10.1. The number of nitrogens with one attached hydrogen (secondary N) is 1. The van der Waals surface area contributed by atoms with Gasteiger partial charge in [-0.15, -0.1) is 0 Å². The van der Waals surface area contributed by atoms with E-state index in [0.29, 0.717) is 22.2 Å². The molecule has 0 heterocycles. The van der Waals surface area contributed by atoms with Gasteiger partial charge in [0.25, 0.3) is 0 Å². The largest absolute Gasteiger partial charge is 0.354 e. The number of hydrogen-bond acceptors (Lipinski definition) is 2. The third kappa shape index (κ3) is 6.44. The second kappa shape index (κ2) is 11.2. The Kier molecular flexibility index (Phi) is 8.93. The molecule has 0 bridgehead atoms. The van der Waals surface area contributed by atoms with E-state index < -0.39 is 11.9 Å². The van der Waals surface area contributed by atoms with E-state index in [1.165, 1.54) is 11.0 Å². The minimum Gasteiger partial charge on any atom is -0.354 e. The van der Waals surface area contributed by atoms with E-state index in [4.69, 9.17) is 23.2 Å². The van der Waals surface area contributed by atoms with Gasteiger partial charge in [0, 0.05) is 28.7 Å². The van der Waals surface area contributed by atoms with Gasteiger partial charge in [-0.2, -0.15) is 0 Å². The van der Waals surface area contributed by atoms with Gasteiger partial charge in [-0.05, 0) is 37.1 Å². The van der Waals surface area contributed by atoms with E-state index in [0.717, 1.165) is 12.8 Å². The van der Waals surface area contributed by atoms with E-state index in [1.54, 1.807) is 43.3 Å². The van der Waals surface area contributed by atoms with Crippen molar-refractivity contribution in [3.8, 4) is 0 Å². The van der Waals surface area contributed by atoms with Crippen LogP contribution in [0.15, 0.2) is 42.5 Å². The number of halogens is 3. The van der Waals surface area contributed by atoms with Crippen LogP contribution in [0.4, 0.5) is 4.39 Å². The third-order valence-corrected chi connectivity index (χ3v) is 5.39. The molecule has 0 saturated carbocycles. The number of benzene rings is 2. The second-order valence-electron chi connectivity index (χ2n) is 6.81. The van der Waals surface area contributed by atoms with Crippen molar-refractivity contribution in [1.82, 2.24) is 10.2 Å². The van der Waals surface area contributed by atoms with Crippen LogP contribution in [0, 0.1) is 5.82 Å². The predicted octanol–water partition coefficient (Wildman–Crippen LogP) is 5.01. The van der Waals surface area contributed by atoms with Crippen LogP contribution in [0.3, 0.4) is 0 Å². The number of nitrogens with zero attached hydrogens (tertiary/aromatic N) is 1. The molecule has 0 aliphatic carbocycles. The lowest BCUT2D eigenvalue weighted by molar-refractivity contribution is -0.140. The zero-order valence-electron chi connectivity index (χ0n) is 16.6. The molecule has 0 fully saturated rings. The summed E-state index contributed by atoms with van der Waals surface area (Å²) in [4.78, 5) is 27.0. The lowest BCUT2D eigenvalue weighted by Crippen LogP contribution is -2.48. The predicted molar refractivity (Wildman–Crippen MR) is 114 cm³/mol. The Morgan fingerprint density at radius 3 is 2.38 bits per heavy atom. The Morgan fingerprint density at radius 2 is 1.76 bits per heavy atom. The highest BCUT2D eigenvalue weighted by Crippen LogP contribution is 2.27. The molecule has 29 heavy (non-hydrogen) atoms. The average Bonchev–Trinajstić information content (AvgIpc) is 2.69. The van der Waals surface area contributed by atoms with E-state index >= 15 is 0 Å². The zero-order chi connectivity index (χ0) is 21.4. The van der Waals surface area contributed by atoms with Gasteiger partial charge in [0.05, 0.1) is 6.42 Å². The minimum atomic E-state index is -0.765. The van der Waals surface area contributed by atoms with Crippen molar-refractivity contribution in [2.75, 3.05) is 6.54 Å². The number of carbonyl (C=O) groups is 2. The lowest BCUT2D eigenvalue weighted by Gasteiger charge is -2.29. The van der Waals surface area contributed by atoms with Crippen LogP contribution in [-0.4, -0.2) is 29.3 Å². The van der Waals surface area contributed by atoms with E-state index in [2.05, 4.69) is 5.32 Å². The maximum Gasteiger partial charge on any atom is 0.242 e. The second-order valence-corrected chi connectivity index (χ2v) is 7.62. The molecule has 1 N–H and O–H groups in total. The van der Waals surface area contributed by atoms with Gasteiger partial charge in [0.2, 0.25) is 11.8 Å². The van der Waals surface area contributed by atoms with Crippen LogP contribution in [-0.2, 0) is 22.6 Å². The summed E-state index contributed by atoms with van der Waals surface area (Å²) in [5.41, 5.74) is 0.817. The van der Waals surface area contributed by atoms with Gasteiger partial charge in [-0.25, -0.2) is 4.39 Å². The fourth-order valence-corrected chi connectivity index (χ4v) is 3.40. The molecule has 0 aliphatic rings. The first-order valence-electron chi connectivity index (χ1n) is 9.58. The molecule has 2 aromatic rings. The molecule has 0 radical (unpaired) electrons. The maximum absolute atomic E-state index is 14.0. The number of unbranched alkanes of at least 4 members (excludes halogenated alkanes) is 1. The molecule has 7 heteroatoms. The van der Waals surface area contributed by atoms with Crippen molar-refractivity contribution in [3.63, 3.8) is 0 Å². The van der Waals surface area contributed by atoms with Crippen LogP contribution in [0.5, 0.6) is 0 Å². The molecule has 0 saturated heterocycles. The van der Waals surface area contributed by atoms with Crippen LogP contribution in [0.25, 0.3) is 0 Å². The molecule has 156 valence electrons. The van der Waals surface area contributed by atoms with Gasteiger partial charge >= 0.3 is 0 Å². The first kappa shape index (κ1) is 23.2. The van der Waals surface area contributed by atoms with Gasteiger partial charge < -0.3 is 10.2 Å². The highest BCUT2D eigenvalue weighted by Gasteiger charge is 2.27. The monoisotopic (exact) mass is 438 g/mol. The Bertz CT molecular complexity index is 840. The summed E-state index contributed by atoms with van der Waals surface area (Å²) in [5, 5.41) is 3.64. The van der Waals surface area contributed by atoms with Gasteiger partial charge in [0.1, 0.15) is 11.9 Å². The van der Waals surface area contributed by atoms with Crippen LogP contribution < -0.4 is 5.32 Å². The third-order valence-electron chi connectivity index (χ3n) is 4.69. The molecular formula is C22H25Cl2FN2O2. The summed E-state index contributed by atoms with van der Waals surface area (Å²) < 4.78 is 14.0. The minimum absolute atomic E-state index is 0.0498. The quantitative estimate of drug-likeness (QED) is 0.559. The molecule has 2 amide bonds. The van der Waals surface area contributed by atoms with Crippen molar-refractivity contribution in [3.05, 3.63) is 69.5 Å². The Labute approximate surface area is 181 Å². The molecule has 0 aliphatic heterocycles. The molecule has 2 rings (SSSR count). The zero-order valence-corrected chi connectivity index (χ0v) is 18.1. The summed E-state index contributed by atoms with van der Waals surface area (Å²) in [6.45, 7) is 4.25. The number of rotatable bonds is 9. The van der Waals surface area contributed by atoms with Crippen molar-refractivity contribution in [2.24, 2.45) is 0 Å². The molecule has 1 unspecified atom stereocenters. The molecule has 2 aromatic carbocycles. The van der Waals surface area contributed by atoms with Gasteiger partial charge in [-0.3, -0.25) is 9.59 Å². The van der Waals surface area contributed by atoms with Crippen LogP contribution >= 0.6 is 23.2 Å². The SMILES string of the molecule is CCCCNC(=O)C(C)N(Cc1c(Cl)cccc1Cl)C(=O)Cc1ccccc1F. The van der Waals surface area contributed by atoms with Gasteiger partial charge in [-0.1, -0.05) is 60.8 Å². The average molecular weight is 439 g/mol.